The molecule has 5 heteroatoms. The van der Waals surface area contributed by atoms with E-state index in [1.807, 2.05) is 0 Å². The van der Waals surface area contributed by atoms with E-state index in [0.717, 1.165) is 25.1 Å². The monoisotopic (exact) mass is 234 g/mol. The molecule has 0 spiro atoms. The van der Waals surface area contributed by atoms with Crippen molar-refractivity contribution in [2.45, 2.75) is 31.5 Å². The Labute approximate surface area is 93.1 Å². The Morgan fingerprint density at radius 1 is 1.27 bits per heavy atom. The number of hydrogen-bond acceptors (Lipinski definition) is 4. The maximum absolute atomic E-state index is 5.56. The maximum atomic E-state index is 5.56. The van der Waals surface area contributed by atoms with E-state index in [4.69, 9.17) is 18.3 Å². The van der Waals surface area contributed by atoms with E-state index in [1.165, 1.54) is 0 Å². The van der Waals surface area contributed by atoms with Crippen LogP contribution in [0, 0.1) is 0 Å². The first-order valence-electron chi connectivity index (χ1n) is 5.56. The Kier molecular flexibility index (Phi) is 5.77. The zero-order chi connectivity index (χ0) is 11.1. The van der Waals surface area contributed by atoms with Gasteiger partial charge in [-0.1, -0.05) is 13.3 Å². The minimum absolute atomic E-state index is 0.345. The summed E-state index contributed by atoms with van der Waals surface area (Å²) in [6.45, 7) is 4.43. The molecule has 1 unspecified atom stereocenters. The zero-order valence-corrected chi connectivity index (χ0v) is 11.0. The van der Waals surface area contributed by atoms with Crippen LogP contribution in [0.3, 0.4) is 0 Å². The van der Waals surface area contributed by atoms with Crippen molar-refractivity contribution in [3.8, 4) is 0 Å². The Hall–Kier alpha value is 0.0569. The Balaban J connectivity index is 2.16. The molecule has 0 radical (unpaired) electrons. The molecule has 0 aliphatic carbocycles. The van der Waals surface area contributed by atoms with E-state index < -0.39 is 8.56 Å². The van der Waals surface area contributed by atoms with Crippen LogP contribution in [0.2, 0.25) is 12.1 Å². The van der Waals surface area contributed by atoms with Crippen LogP contribution in [0.15, 0.2) is 0 Å². The third-order valence-electron chi connectivity index (χ3n) is 2.71. The molecule has 0 amide bonds. The smallest absolute Gasteiger partial charge is 0.339 e. The van der Waals surface area contributed by atoms with E-state index in [1.54, 1.807) is 14.2 Å². The van der Waals surface area contributed by atoms with Crippen LogP contribution in [0.25, 0.3) is 0 Å². The van der Waals surface area contributed by atoms with Gasteiger partial charge in [0.25, 0.3) is 0 Å². The summed E-state index contributed by atoms with van der Waals surface area (Å²) in [5, 5.41) is 0. The summed E-state index contributed by atoms with van der Waals surface area (Å²) in [5.74, 6) is 0. The second kappa shape index (κ2) is 6.60. The van der Waals surface area contributed by atoms with Crippen LogP contribution in [0.1, 0.15) is 13.3 Å². The molecule has 0 aromatic heterocycles. The molecule has 1 saturated heterocycles. The molecule has 1 fully saturated rings. The molecule has 1 heterocycles. The van der Waals surface area contributed by atoms with Crippen molar-refractivity contribution < 1.29 is 18.3 Å². The topological polar surface area (TPSA) is 40.2 Å². The first-order valence-corrected chi connectivity index (χ1v) is 7.79. The number of epoxide rings is 1. The lowest BCUT2D eigenvalue weighted by molar-refractivity contribution is 0.118. The highest BCUT2D eigenvalue weighted by Gasteiger charge is 2.34. The lowest BCUT2D eigenvalue weighted by Gasteiger charge is -2.26. The van der Waals surface area contributed by atoms with Crippen LogP contribution in [0.4, 0.5) is 0 Å². The lowest BCUT2D eigenvalue weighted by atomic mass is 10.5. The van der Waals surface area contributed by atoms with E-state index in [2.05, 4.69) is 6.92 Å². The van der Waals surface area contributed by atoms with Gasteiger partial charge in [0, 0.05) is 26.9 Å². The van der Waals surface area contributed by atoms with Crippen LogP contribution in [-0.2, 0) is 18.3 Å². The van der Waals surface area contributed by atoms with Crippen molar-refractivity contribution >= 4 is 8.56 Å². The van der Waals surface area contributed by atoms with Gasteiger partial charge in [0.1, 0.15) is 6.10 Å². The standard InChI is InChI=1S/C10H22O4Si/c1-4-6-15(11-2,12-3)7-5-13-8-10-9-14-10/h10H,4-9H2,1-3H3. The van der Waals surface area contributed by atoms with Crippen molar-refractivity contribution in [1.29, 1.82) is 0 Å². The van der Waals surface area contributed by atoms with Gasteiger partial charge in [0.15, 0.2) is 0 Å². The van der Waals surface area contributed by atoms with E-state index >= 15 is 0 Å². The Morgan fingerprint density at radius 3 is 2.40 bits per heavy atom. The zero-order valence-electron chi connectivity index (χ0n) is 9.95. The molecule has 4 nitrogen and oxygen atoms in total. The third kappa shape index (κ3) is 4.61. The SMILES string of the molecule is CCC[Si](CCOCC1CO1)(OC)OC. The normalized spacial score (nSPS) is 20.6. The largest absolute Gasteiger partial charge is 0.398 e. The highest BCUT2D eigenvalue weighted by molar-refractivity contribution is 6.67. The van der Waals surface area contributed by atoms with Gasteiger partial charge in [-0.25, -0.2) is 0 Å². The average molecular weight is 234 g/mol. The van der Waals surface area contributed by atoms with Crippen molar-refractivity contribution in [3.63, 3.8) is 0 Å². The Bertz CT molecular complexity index is 169. The molecule has 0 aromatic rings. The second-order valence-electron chi connectivity index (χ2n) is 3.85. The summed E-state index contributed by atoms with van der Waals surface area (Å²) in [5.41, 5.74) is 0. The number of hydrogen-bond donors (Lipinski definition) is 0. The molecule has 1 rings (SSSR count). The molecule has 0 aromatic carbocycles. The molecule has 0 N–H and O–H groups in total. The molecule has 1 aliphatic rings. The predicted octanol–water partition coefficient (Wildman–Crippen LogP) is 1.55. The van der Waals surface area contributed by atoms with Crippen molar-refractivity contribution in [2.24, 2.45) is 0 Å². The molecule has 0 saturated carbocycles. The summed E-state index contributed by atoms with van der Waals surface area (Å²) >= 11 is 0. The van der Waals surface area contributed by atoms with Gasteiger partial charge in [-0.05, 0) is 6.04 Å². The van der Waals surface area contributed by atoms with Crippen LogP contribution in [0.5, 0.6) is 0 Å². The van der Waals surface area contributed by atoms with Gasteiger partial charge in [0.2, 0.25) is 0 Å². The first kappa shape index (κ1) is 13.1. The van der Waals surface area contributed by atoms with Crippen molar-refractivity contribution in [1.82, 2.24) is 0 Å². The summed E-state index contributed by atoms with van der Waals surface area (Å²) in [6, 6.07) is 1.93. The maximum Gasteiger partial charge on any atom is 0.339 e. The van der Waals surface area contributed by atoms with Crippen LogP contribution in [-0.4, -0.2) is 48.7 Å². The summed E-state index contributed by atoms with van der Waals surface area (Å²) in [7, 11) is 1.53. The number of ether oxygens (including phenoxy) is 2. The van der Waals surface area contributed by atoms with Gasteiger partial charge < -0.3 is 18.3 Å². The van der Waals surface area contributed by atoms with Crippen molar-refractivity contribution in [2.75, 3.05) is 34.0 Å². The van der Waals surface area contributed by atoms with Gasteiger partial charge in [0.05, 0.1) is 13.2 Å². The molecule has 0 bridgehead atoms. The van der Waals surface area contributed by atoms with Crippen molar-refractivity contribution in [3.05, 3.63) is 0 Å². The Morgan fingerprint density at radius 2 is 1.93 bits per heavy atom. The fraction of sp³-hybridized carbons (Fsp3) is 1.00. The van der Waals surface area contributed by atoms with Crippen LogP contribution >= 0.6 is 0 Å². The first-order chi connectivity index (χ1) is 7.26. The molecular weight excluding hydrogens is 212 g/mol. The fourth-order valence-electron chi connectivity index (χ4n) is 1.60. The van der Waals surface area contributed by atoms with Gasteiger partial charge in [-0.15, -0.1) is 0 Å². The second-order valence-corrected chi connectivity index (χ2v) is 7.49. The summed E-state index contributed by atoms with van der Waals surface area (Å²) in [4.78, 5) is 0. The highest BCUT2D eigenvalue weighted by atomic mass is 28.4. The third-order valence-corrected chi connectivity index (χ3v) is 6.42. The average Bonchev–Trinajstić information content (AvgIpc) is 3.07. The summed E-state index contributed by atoms with van der Waals surface area (Å²) < 4.78 is 21.7. The molecule has 1 aliphatic heterocycles. The minimum Gasteiger partial charge on any atom is -0.398 e. The highest BCUT2D eigenvalue weighted by Crippen LogP contribution is 2.19. The fourth-order valence-corrected chi connectivity index (χ4v) is 4.05. The molecular formula is C10H22O4Si. The molecule has 1 atom stereocenters. The van der Waals surface area contributed by atoms with E-state index in [9.17, 15) is 0 Å². The predicted molar refractivity (Wildman–Crippen MR) is 60.2 cm³/mol. The minimum atomic E-state index is -1.96. The van der Waals surface area contributed by atoms with Gasteiger partial charge in [-0.2, -0.15) is 0 Å². The van der Waals surface area contributed by atoms with Gasteiger partial charge >= 0.3 is 8.56 Å². The van der Waals surface area contributed by atoms with E-state index in [0.29, 0.717) is 19.3 Å². The summed E-state index contributed by atoms with van der Waals surface area (Å²) in [6.07, 6.45) is 1.44. The quantitative estimate of drug-likeness (QED) is 0.345. The van der Waals surface area contributed by atoms with E-state index in [-0.39, 0.29) is 0 Å². The molecule has 15 heavy (non-hydrogen) atoms. The van der Waals surface area contributed by atoms with Gasteiger partial charge in [-0.3, -0.25) is 0 Å². The van der Waals surface area contributed by atoms with Crippen LogP contribution < -0.4 is 0 Å². The lowest BCUT2D eigenvalue weighted by Crippen LogP contribution is -2.40. The number of rotatable bonds is 9. The molecule has 90 valence electrons.